The number of rotatable bonds is 7. The number of hydrogen-bond donors (Lipinski definition) is 0. The van der Waals surface area contributed by atoms with Crippen LogP contribution >= 0.6 is 45.8 Å². The van der Waals surface area contributed by atoms with Crippen LogP contribution in [0.4, 0.5) is 4.39 Å². The molecule has 0 radical (unpaired) electrons. The first kappa shape index (κ1) is 29.9. The van der Waals surface area contributed by atoms with E-state index in [4.69, 9.17) is 32.7 Å². The first-order valence-corrected chi connectivity index (χ1v) is 13.2. The van der Waals surface area contributed by atoms with Crippen molar-refractivity contribution < 1.29 is 18.7 Å². The molecule has 0 atom stereocenters. The van der Waals surface area contributed by atoms with Crippen molar-refractivity contribution in [2.45, 2.75) is 13.8 Å². The molecule has 0 aliphatic heterocycles. The van der Waals surface area contributed by atoms with Gasteiger partial charge in [-0.25, -0.2) is 4.39 Å². The number of alkyl halides is 1. The molecule has 0 aromatic heterocycles. The van der Waals surface area contributed by atoms with Gasteiger partial charge in [-0.15, -0.1) is 0 Å². The van der Waals surface area contributed by atoms with E-state index < -0.39 is 5.82 Å². The van der Waals surface area contributed by atoms with Gasteiger partial charge in [0.05, 0.1) is 28.3 Å². The molecule has 3 aromatic carbocycles. The van der Waals surface area contributed by atoms with Gasteiger partial charge in [0.2, 0.25) is 0 Å². The van der Waals surface area contributed by atoms with Crippen molar-refractivity contribution in [3.63, 3.8) is 0 Å². The Bertz CT molecular complexity index is 1140. The number of hydrogen-bond acceptors (Lipinski definition) is 4. The molecule has 34 heavy (non-hydrogen) atoms. The van der Waals surface area contributed by atoms with Gasteiger partial charge < -0.3 is 9.47 Å². The first-order valence-electron chi connectivity index (χ1n) is 10.3. The van der Waals surface area contributed by atoms with E-state index in [1.807, 2.05) is 24.8 Å². The highest BCUT2D eigenvalue weighted by molar-refractivity contribution is 14.1. The molecule has 3 rings (SSSR count). The summed E-state index contributed by atoms with van der Waals surface area (Å²) in [6.07, 6.45) is 0. The highest BCUT2D eigenvalue weighted by Gasteiger charge is 2.22. The molecule has 8 heteroatoms. The van der Waals surface area contributed by atoms with E-state index in [2.05, 4.69) is 22.6 Å². The Morgan fingerprint density at radius 3 is 2.26 bits per heavy atom. The summed E-state index contributed by atoms with van der Waals surface area (Å²) in [6.45, 7) is 4.40. The number of carbonyl (C=O) groups is 1. The van der Waals surface area contributed by atoms with Crippen LogP contribution in [0.1, 0.15) is 35.3 Å². The van der Waals surface area contributed by atoms with Gasteiger partial charge >= 0.3 is 0 Å². The molecule has 0 aliphatic rings. The van der Waals surface area contributed by atoms with Crippen molar-refractivity contribution in [2.24, 2.45) is 0 Å². The molecule has 0 heterocycles. The molecule has 3 aromatic rings. The third-order valence-corrected chi connectivity index (χ3v) is 5.00. The van der Waals surface area contributed by atoms with Gasteiger partial charge in [-0.2, -0.15) is 5.26 Å². The van der Waals surface area contributed by atoms with Crippen molar-refractivity contribution in [3.05, 3.63) is 87.2 Å². The van der Waals surface area contributed by atoms with Crippen molar-refractivity contribution in [3.8, 4) is 22.9 Å². The lowest BCUT2D eigenvalue weighted by molar-refractivity contribution is 0.103. The Morgan fingerprint density at radius 1 is 1.03 bits per heavy atom. The van der Waals surface area contributed by atoms with Crippen LogP contribution in [0.2, 0.25) is 10.0 Å². The number of benzene rings is 3. The van der Waals surface area contributed by atoms with Crippen LogP contribution in [0.3, 0.4) is 0 Å². The Labute approximate surface area is 223 Å². The van der Waals surface area contributed by atoms with Crippen molar-refractivity contribution in [2.75, 3.05) is 25.3 Å². The second-order valence-corrected chi connectivity index (χ2v) is 7.07. The predicted octanol–water partition coefficient (Wildman–Crippen LogP) is 8.00. The van der Waals surface area contributed by atoms with Crippen LogP contribution in [0, 0.1) is 17.1 Å². The van der Waals surface area contributed by atoms with Gasteiger partial charge in [-0.3, -0.25) is 4.79 Å². The zero-order valence-electron chi connectivity index (χ0n) is 19.3. The highest BCUT2D eigenvalue weighted by atomic mass is 127. The Morgan fingerprint density at radius 2 is 1.68 bits per heavy atom. The van der Waals surface area contributed by atoms with Gasteiger partial charge in [-0.1, -0.05) is 90.0 Å². The van der Waals surface area contributed by atoms with Gasteiger partial charge in [0.1, 0.15) is 6.61 Å². The van der Waals surface area contributed by atoms with Gasteiger partial charge in [-0.05, 0) is 29.2 Å². The fraction of sp³-hybridized carbons (Fsp3) is 0.231. The Hall–Kier alpha value is -2.18. The molecule has 0 unspecified atom stereocenters. The van der Waals surface area contributed by atoms with Crippen LogP contribution in [0.5, 0.6) is 5.75 Å². The van der Waals surface area contributed by atoms with E-state index >= 15 is 4.39 Å². The number of ketones is 1. The number of carbonyl (C=O) groups excluding carboxylic acids is 1. The lowest BCUT2D eigenvalue weighted by Crippen LogP contribution is -2.07. The zero-order chi connectivity index (χ0) is 25.7. The van der Waals surface area contributed by atoms with Crippen LogP contribution in [0.15, 0.2) is 54.6 Å². The number of ether oxygens (including phenoxy) is 2. The second-order valence-electron chi connectivity index (χ2n) is 6.26. The molecule has 180 valence electrons. The molecule has 0 bridgehead atoms. The average Bonchev–Trinajstić information content (AvgIpc) is 2.88. The van der Waals surface area contributed by atoms with Gasteiger partial charge in [0.15, 0.2) is 17.3 Å². The summed E-state index contributed by atoms with van der Waals surface area (Å²) < 4.78 is 25.6. The minimum atomic E-state index is -0.757. The third-order valence-electron chi connectivity index (χ3n) is 4.38. The highest BCUT2D eigenvalue weighted by Crippen LogP contribution is 2.39. The smallest absolute Gasteiger partial charge is 0.194 e. The van der Waals surface area contributed by atoms with Crippen molar-refractivity contribution >= 4 is 51.6 Å². The van der Waals surface area contributed by atoms with Crippen LogP contribution in [0.25, 0.3) is 11.1 Å². The Balaban J connectivity index is 0.00000137. The van der Waals surface area contributed by atoms with E-state index in [1.165, 1.54) is 31.4 Å². The summed E-state index contributed by atoms with van der Waals surface area (Å²) in [5, 5.41) is 9.73. The molecule has 0 spiro atoms. The fourth-order valence-electron chi connectivity index (χ4n) is 2.92. The van der Waals surface area contributed by atoms with Crippen LogP contribution in [-0.2, 0) is 4.74 Å². The molecule has 0 aliphatic carbocycles. The summed E-state index contributed by atoms with van der Waals surface area (Å²) in [5.41, 5.74) is 0.735. The fourth-order valence-corrected chi connectivity index (χ4v) is 3.48. The maximum Gasteiger partial charge on any atom is 0.194 e. The lowest BCUT2D eigenvalue weighted by Gasteiger charge is -2.15. The normalized spacial score (nSPS) is 9.62. The van der Waals surface area contributed by atoms with Crippen LogP contribution in [-0.4, -0.2) is 31.0 Å². The van der Waals surface area contributed by atoms with E-state index in [9.17, 15) is 10.1 Å². The summed E-state index contributed by atoms with van der Waals surface area (Å²) >= 11 is 14.7. The van der Waals surface area contributed by atoms with E-state index in [0.29, 0.717) is 5.56 Å². The molecule has 0 amide bonds. The molecular weight excluding hydrogens is 591 g/mol. The maximum absolute atomic E-state index is 15.3. The molecular formula is C26H25Cl2FINO3. The number of nitrogens with zero attached hydrogens (tertiary/aromatic N) is 1. The van der Waals surface area contributed by atoms with E-state index in [1.54, 1.807) is 30.3 Å². The minimum Gasteiger partial charge on any atom is -0.488 e. The van der Waals surface area contributed by atoms with Crippen molar-refractivity contribution in [1.29, 1.82) is 5.26 Å². The lowest BCUT2D eigenvalue weighted by atomic mass is 9.95. The zero-order valence-corrected chi connectivity index (χ0v) is 23.0. The SMILES string of the molecule is CC.CI.COCCOc1ccc(C#N)c(-c2cc(C(=O)c3ccccc3)c(Cl)cc2Cl)c1F. The van der Waals surface area contributed by atoms with E-state index in [0.717, 1.165) is 0 Å². The first-order chi connectivity index (χ1) is 16.5. The largest absolute Gasteiger partial charge is 0.488 e. The standard InChI is InChI=1S/C23H16Cl2FNO3.C2H6.CH3I/c1-29-9-10-30-20-8-7-15(13-27)21(22(20)26)16-11-17(19(25)12-18(16)24)23(28)14-5-3-2-4-6-14;2*1-2/h2-8,11-12H,9-10H2,1H3;1-2H3;1H3. The summed E-state index contributed by atoms with van der Waals surface area (Å²) in [4.78, 5) is 14.9. The average molecular weight is 616 g/mol. The quantitative estimate of drug-likeness (QED) is 0.117. The topological polar surface area (TPSA) is 59.3 Å². The Kier molecular flexibility index (Phi) is 13.8. The molecule has 0 N–H and O–H groups in total. The molecule has 0 saturated carbocycles. The van der Waals surface area contributed by atoms with Gasteiger partial charge in [0.25, 0.3) is 0 Å². The summed E-state index contributed by atoms with van der Waals surface area (Å²) in [6, 6.07) is 16.1. The summed E-state index contributed by atoms with van der Waals surface area (Å²) in [7, 11) is 1.50. The maximum atomic E-state index is 15.3. The molecule has 0 saturated heterocycles. The second kappa shape index (κ2) is 15.7. The monoisotopic (exact) mass is 615 g/mol. The van der Waals surface area contributed by atoms with Crippen molar-refractivity contribution in [1.82, 2.24) is 0 Å². The number of halogens is 4. The third kappa shape index (κ3) is 7.41. The predicted molar refractivity (Wildman–Crippen MR) is 145 cm³/mol. The van der Waals surface area contributed by atoms with E-state index in [-0.39, 0.29) is 57.0 Å². The number of nitriles is 1. The number of methoxy groups -OCH3 is 1. The molecule has 0 fully saturated rings. The summed E-state index contributed by atoms with van der Waals surface area (Å²) in [5.74, 6) is -1.15. The molecule has 4 nitrogen and oxygen atoms in total. The van der Waals surface area contributed by atoms with Gasteiger partial charge in [0, 0.05) is 29.4 Å². The van der Waals surface area contributed by atoms with Crippen LogP contribution < -0.4 is 4.74 Å². The minimum absolute atomic E-state index is 0.0499.